The second kappa shape index (κ2) is 14.3. The molecule has 7 heteroatoms. The Morgan fingerprint density at radius 1 is 0.762 bits per heavy atom. The highest BCUT2D eigenvalue weighted by molar-refractivity contribution is 8.00. The minimum atomic E-state index is -0.444. The lowest BCUT2D eigenvalue weighted by Gasteiger charge is -2.12. The van der Waals surface area contributed by atoms with Crippen LogP contribution in [0.5, 0.6) is 0 Å². The van der Waals surface area contributed by atoms with Crippen LogP contribution in [0.2, 0.25) is 0 Å². The van der Waals surface area contributed by atoms with Crippen LogP contribution in [0.1, 0.15) is 52.4 Å². The molecular weight excluding hydrogens is 542 g/mol. The maximum atomic E-state index is 13.3. The highest BCUT2D eigenvalue weighted by atomic mass is 32.2. The molecule has 0 spiro atoms. The zero-order valence-corrected chi connectivity index (χ0v) is 25.0. The lowest BCUT2D eigenvalue weighted by Crippen LogP contribution is -2.30. The highest BCUT2D eigenvalue weighted by Crippen LogP contribution is 2.22. The predicted molar refractivity (Wildman–Crippen MR) is 173 cm³/mol. The van der Waals surface area contributed by atoms with Gasteiger partial charge in [0, 0.05) is 21.8 Å². The highest BCUT2D eigenvalue weighted by Gasteiger charge is 2.15. The van der Waals surface area contributed by atoms with Crippen molar-refractivity contribution in [2.24, 2.45) is 0 Å². The normalized spacial score (nSPS) is 11.2. The minimum Gasteiger partial charge on any atom is -0.325 e. The number of amides is 3. The largest absolute Gasteiger partial charge is 0.325 e. The molecule has 0 heterocycles. The Labute approximate surface area is 251 Å². The molecule has 0 saturated carbocycles. The van der Waals surface area contributed by atoms with Gasteiger partial charge < -0.3 is 16.0 Å². The van der Waals surface area contributed by atoms with Crippen molar-refractivity contribution in [2.45, 2.75) is 38.5 Å². The lowest BCUT2D eigenvalue weighted by molar-refractivity contribution is -0.114. The Bertz CT molecular complexity index is 1560. The van der Waals surface area contributed by atoms with Gasteiger partial charge in [0.15, 0.2) is 0 Å². The van der Waals surface area contributed by atoms with Crippen molar-refractivity contribution in [3.8, 4) is 0 Å². The van der Waals surface area contributed by atoms with E-state index < -0.39 is 5.91 Å². The van der Waals surface area contributed by atoms with Crippen molar-refractivity contribution in [2.75, 3.05) is 16.4 Å². The number of thioether (sulfide) groups is 1. The molecule has 3 N–H and O–H groups in total. The van der Waals surface area contributed by atoms with Crippen molar-refractivity contribution in [3.63, 3.8) is 0 Å². The molecule has 42 heavy (non-hydrogen) atoms. The number of anilines is 2. The van der Waals surface area contributed by atoms with Crippen molar-refractivity contribution in [1.82, 2.24) is 5.32 Å². The molecule has 0 aliphatic rings. The third kappa shape index (κ3) is 8.94. The number of rotatable bonds is 10. The van der Waals surface area contributed by atoms with E-state index in [-0.39, 0.29) is 23.3 Å². The van der Waals surface area contributed by atoms with Crippen molar-refractivity contribution < 1.29 is 14.4 Å². The van der Waals surface area contributed by atoms with Crippen LogP contribution < -0.4 is 16.0 Å². The van der Waals surface area contributed by atoms with Crippen LogP contribution in [0.15, 0.2) is 108 Å². The lowest BCUT2D eigenvalue weighted by atomic mass is 10.0. The first kappa shape index (κ1) is 30.3. The Morgan fingerprint density at radius 2 is 1.40 bits per heavy atom. The molecule has 0 aliphatic carbocycles. The molecule has 0 unspecified atom stereocenters. The topological polar surface area (TPSA) is 87.3 Å². The average Bonchev–Trinajstić information content (AvgIpc) is 2.96. The molecule has 0 aromatic heterocycles. The summed E-state index contributed by atoms with van der Waals surface area (Å²) in [5.41, 5.74) is 6.11. The van der Waals surface area contributed by atoms with E-state index in [2.05, 4.69) is 35.9 Å². The molecule has 6 nitrogen and oxygen atoms in total. The van der Waals surface area contributed by atoms with Crippen LogP contribution in [0.3, 0.4) is 0 Å². The van der Waals surface area contributed by atoms with Gasteiger partial charge in [-0.05, 0) is 96.6 Å². The van der Waals surface area contributed by atoms with Crippen LogP contribution in [-0.2, 0) is 9.59 Å². The summed E-state index contributed by atoms with van der Waals surface area (Å²) < 4.78 is 0. The van der Waals surface area contributed by atoms with E-state index in [4.69, 9.17) is 0 Å². The van der Waals surface area contributed by atoms with Crippen LogP contribution in [0.4, 0.5) is 11.4 Å². The summed E-state index contributed by atoms with van der Waals surface area (Å²) >= 11 is 1.41. The molecule has 0 saturated heterocycles. The zero-order valence-electron chi connectivity index (χ0n) is 24.2. The van der Waals surface area contributed by atoms with Crippen LogP contribution in [0, 0.1) is 13.8 Å². The van der Waals surface area contributed by atoms with Gasteiger partial charge in [-0.1, -0.05) is 62.4 Å². The maximum absolute atomic E-state index is 13.3. The van der Waals surface area contributed by atoms with E-state index in [1.54, 1.807) is 42.5 Å². The summed E-state index contributed by atoms with van der Waals surface area (Å²) in [5, 5.41) is 8.59. The first-order valence-electron chi connectivity index (χ1n) is 13.8. The Balaban J connectivity index is 1.42. The molecule has 214 valence electrons. The molecule has 0 aliphatic heterocycles. The first-order valence-corrected chi connectivity index (χ1v) is 14.8. The van der Waals surface area contributed by atoms with E-state index >= 15 is 0 Å². The number of nitrogens with one attached hydrogen (secondary N) is 3. The van der Waals surface area contributed by atoms with Gasteiger partial charge >= 0.3 is 0 Å². The van der Waals surface area contributed by atoms with Gasteiger partial charge in [0.05, 0.1) is 5.75 Å². The number of hydrogen-bond acceptors (Lipinski definition) is 4. The summed E-state index contributed by atoms with van der Waals surface area (Å²) in [7, 11) is 0. The Morgan fingerprint density at radius 3 is 2.02 bits per heavy atom. The van der Waals surface area contributed by atoms with Gasteiger partial charge in [0.25, 0.3) is 11.8 Å². The molecule has 0 radical (unpaired) electrons. The van der Waals surface area contributed by atoms with E-state index in [1.807, 2.05) is 68.4 Å². The SMILES string of the molecule is Cc1cc(C)cc(NC(=O)CSc2ccc(NC(=O)/C(=C/c3ccc(C(C)C)cc3)NC(=O)c3ccccc3)cc2)c1. The summed E-state index contributed by atoms with van der Waals surface area (Å²) in [5.74, 6) is -0.265. The number of aryl methyl sites for hydroxylation is 2. The van der Waals surface area contributed by atoms with Crippen LogP contribution in [0.25, 0.3) is 6.08 Å². The fraction of sp³-hybridized carbons (Fsp3) is 0.171. The second-order valence-electron chi connectivity index (χ2n) is 10.4. The Kier molecular flexibility index (Phi) is 10.3. The second-order valence-corrected chi connectivity index (χ2v) is 11.4. The van der Waals surface area contributed by atoms with Crippen molar-refractivity contribution >= 4 is 46.9 Å². The van der Waals surface area contributed by atoms with Crippen LogP contribution >= 0.6 is 11.8 Å². The molecule has 3 amide bonds. The summed E-state index contributed by atoms with van der Waals surface area (Å²) in [4.78, 5) is 39.6. The molecule has 4 rings (SSSR count). The Hall–Kier alpha value is -4.62. The molecule has 0 bridgehead atoms. The van der Waals surface area contributed by atoms with E-state index in [9.17, 15) is 14.4 Å². The van der Waals surface area contributed by atoms with E-state index in [0.29, 0.717) is 17.2 Å². The number of benzene rings is 4. The minimum absolute atomic E-state index is 0.0901. The molecule has 4 aromatic rings. The van der Waals surface area contributed by atoms with Gasteiger partial charge in [0.1, 0.15) is 5.70 Å². The standard InChI is InChI=1S/C35H35N3O3S/c1-23(2)27-12-10-26(11-13-27)21-32(38-34(40)28-8-6-5-7-9-28)35(41)37-29-14-16-31(17-15-29)42-22-33(39)36-30-19-24(3)18-25(4)20-30/h5-21,23H,22H2,1-4H3,(H,36,39)(H,37,41)(H,38,40)/b32-21-. The number of carbonyl (C=O) groups is 3. The third-order valence-electron chi connectivity index (χ3n) is 6.43. The summed E-state index contributed by atoms with van der Waals surface area (Å²) in [6.45, 7) is 8.23. The average molecular weight is 578 g/mol. The third-order valence-corrected chi connectivity index (χ3v) is 7.44. The number of hydrogen-bond donors (Lipinski definition) is 3. The summed E-state index contributed by atoms with van der Waals surface area (Å²) in [6.07, 6.45) is 1.67. The molecule has 4 aromatic carbocycles. The van der Waals surface area contributed by atoms with Gasteiger partial charge in [-0.2, -0.15) is 0 Å². The van der Waals surface area contributed by atoms with Crippen molar-refractivity contribution in [3.05, 3.63) is 131 Å². The monoisotopic (exact) mass is 577 g/mol. The fourth-order valence-corrected chi connectivity index (χ4v) is 5.01. The smallest absolute Gasteiger partial charge is 0.272 e. The quantitative estimate of drug-likeness (QED) is 0.134. The van der Waals surface area contributed by atoms with Gasteiger partial charge in [-0.15, -0.1) is 11.8 Å². The van der Waals surface area contributed by atoms with E-state index in [1.165, 1.54) is 17.3 Å². The molecular formula is C35H35N3O3S. The van der Waals surface area contributed by atoms with Crippen molar-refractivity contribution in [1.29, 1.82) is 0 Å². The maximum Gasteiger partial charge on any atom is 0.272 e. The van der Waals surface area contributed by atoms with Gasteiger partial charge in [-0.3, -0.25) is 14.4 Å². The van der Waals surface area contributed by atoms with Crippen LogP contribution in [-0.4, -0.2) is 23.5 Å². The number of carbonyl (C=O) groups excluding carboxylic acids is 3. The van der Waals surface area contributed by atoms with Gasteiger partial charge in [-0.25, -0.2) is 0 Å². The molecule has 0 atom stereocenters. The predicted octanol–water partition coefficient (Wildman–Crippen LogP) is 7.57. The fourth-order valence-electron chi connectivity index (χ4n) is 4.31. The summed E-state index contributed by atoms with van der Waals surface area (Å²) in [6, 6.07) is 29.9. The molecule has 0 fully saturated rings. The zero-order chi connectivity index (χ0) is 30.1. The van der Waals surface area contributed by atoms with E-state index in [0.717, 1.165) is 27.3 Å². The first-order chi connectivity index (χ1) is 20.2. The van der Waals surface area contributed by atoms with Gasteiger partial charge in [0.2, 0.25) is 5.91 Å².